The van der Waals surface area contributed by atoms with Gasteiger partial charge in [0.2, 0.25) is 0 Å². The lowest BCUT2D eigenvalue weighted by Gasteiger charge is -2.31. The molecule has 2 N–H and O–H groups in total. The summed E-state index contributed by atoms with van der Waals surface area (Å²) in [6, 6.07) is 13.0. The SMILES string of the molecule is COC(=O)c1cc(CNC(=O)N2CCCC(c3nc4ccccc4[nH]3)C2)ccc1OC. The fraction of sp³-hybridized carbons (Fsp3) is 0.348. The number of carbonyl (C=O) groups is 2. The Hall–Kier alpha value is -3.55. The van der Waals surface area contributed by atoms with Gasteiger partial charge in [-0.2, -0.15) is 0 Å². The molecule has 0 aliphatic carbocycles. The van der Waals surface area contributed by atoms with Crippen LogP contribution in [0, 0.1) is 0 Å². The highest BCUT2D eigenvalue weighted by Crippen LogP contribution is 2.27. The number of hydrogen-bond acceptors (Lipinski definition) is 5. The molecule has 1 atom stereocenters. The summed E-state index contributed by atoms with van der Waals surface area (Å²) in [7, 11) is 2.82. The largest absolute Gasteiger partial charge is 0.496 e. The standard InChI is InChI=1S/C23H26N4O4/c1-30-20-10-9-15(12-17(20)22(28)31-2)13-24-23(29)27-11-5-6-16(14-27)21-25-18-7-3-4-8-19(18)26-21/h3-4,7-10,12,16H,5-6,11,13-14H2,1-2H3,(H,24,29)(H,25,26). The van der Waals surface area contributed by atoms with Crippen LogP contribution in [0.3, 0.4) is 0 Å². The number of ether oxygens (including phenoxy) is 2. The van der Waals surface area contributed by atoms with Gasteiger partial charge in [0.05, 0.1) is 25.3 Å². The maximum atomic E-state index is 12.8. The lowest BCUT2D eigenvalue weighted by Crippen LogP contribution is -2.44. The molecule has 2 heterocycles. The van der Waals surface area contributed by atoms with E-state index in [2.05, 4.69) is 10.3 Å². The molecule has 3 aromatic rings. The summed E-state index contributed by atoms with van der Waals surface area (Å²) < 4.78 is 10.0. The Balaban J connectivity index is 1.40. The zero-order valence-electron chi connectivity index (χ0n) is 17.7. The third-order valence-corrected chi connectivity index (χ3v) is 5.62. The van der Waals surface area contributed by atoms with Crippen molar-refractivity contribution in [3.63, 3.8) is 0 Å². The van der Waals surface area contributed by atoms with Gasteiger partial charge in [-0.3, -0.25) is 0 Å². The summed E-state index contributed by atoms with van der Waals surface area (Å²) in [5.74, 6) is 1.07. The molecule has 0 radical (unpaired) electrons. The van der Waals surface area contributed by atoms with Crippen molar-refractivity contribution >= 4 is 23.0 Å². The van der Waals surface area contributed by atoms with Crippen LogP contribution in [0.2, 0.25) is 0 Å². The third-order valence-electron chi connectivity index (χ3n) is 5.62. The molecule has 1 fully saturated rings. The van der Waals surface area contributed by atoms with Gasteiger partial charge in [-0.05, 0) is 42.7 Å². The summed E-state index contributed by atoms with van der Waals surface area (Å²) in [4.78, 5) is 34.7. The minimum absolute atomic E-state index is 0.128. The predicted octanol–water partition coefficient (Wildman–Crippen LogP) is 3.45. The maximum absolute atomic E-state index is 12.8. The van der Waals surface area contributed by atoms with Crippen LogP contribution in [0.1, 0.15) is 40.5 Å². The van der Waals surface area contributed by atoms with E-state index in [0.717, 1.165) is 35.3 Å². The van der Waals surface area contributed by atoms with Crippen molar-refractivity contribution in [3.8, 4) is 5.75 Å². The Bertz CT molecular complexity index is 1060. The van der Waals surface area contributed by atoms with Crippen LogP contribution >= 0.6 is 0 Å². The van der Waals surface area contributed by atoms with Gasteiger partial charge in [0, 0.05) is 25.6 Å². The first-order valence-corrected chi connectivity index (χ1v) is 10.3. The fourth-order valence-corrected chi connectivity index (χ4v) is 3.97. The summed E-state index contributed by atoms with van der Waals surface area (Å²) in [5.41, 5.74) is 3.08. The maximum Gasteiger partial charge on any atom is 0.341 e. The molecule has 8 heteroatoms. The molecule has 1 saturated heterocycles. The number of amides is 2. The van der Waals surface area contributed by atoms with Crippen molar-refractivity contribution < 1.29 is 19.1 Å². The number of carbonyl (C=O) groups excluding carboxylic acids is 2. The highest BCUT2D eigenvalue weighted by atomic mass is 16.5. The number of hydrogen-bond donors (Lipinski definition) is 2. The number of imidazole rings is 1. The molecule has 31 heavy (non-hydrogen) atoms. The van der Waals surface area contributed by atoms with E-state index in [9.17, 15) is 9.59 Å². The number of aromatic nitrogens is 2. The van der Waals surface area contributed by atoms with Gasteiger partial charge < -0.3 is 24.7 Å². The number of nitrogens with zero attached hydrogens (tertiary/aromatic N) is 2. The molecule has 0 saturated carbocycles. The van der Waals surface area contributed by atoms with Crippen molar-refractivity contribution in [2.24, 2.45) is 0 Å². The van der Waals surface area contributed by atoms with Crippen molar-refractivity contribution in [2.45, 2.75) is 25.3 Å². The average Bonchev–Trinajstić information content (AvgIpc) is 3.26. The van der Waals surface area contributed by atoms with Gasteiger partial charge in [0.15, 0.2) is 0 Å². The number of fused-ring (bicyclic) bond motifs is 1. The monoisotopic (exact) mass is 422 g/mol. The number of esters is 1. The smallest absolute Gasteiger partial charge is 0.341 e. The zero-order chi connectivity index (χ0) is 21.8. The van der Waals surface area contributed by atoms with Crippen LogP contribution in [0.25, 0.3) is 11.0 Å². The minimum atomic E-state index is -0.477. The van der Waals surface area contributed by atoms with E-state index >= 15 is 0 Å². The van der Waals surface area contributed by atoms with Crippen LogP contribution in [0.4, 0.5) is 4.79 Å². The number of likely N-dealkylation sites (tertiary alicyclic amines) is 1. The Labute approximate surface area is 180 Å². The van der Waals surface area contributed by atoms with Crippen molar-refractivity contribution in [3.05, 3.63) is 59.4 Å². The number of H-pyrrole nitrogens is 1. The van der Waals surface area contributed by atoms with E-state index in [1.165, 1.54) is 14.2 Å². The summed E-state index contributed by atoms with van der Waals surface area (Å²) in [6.45, 7) is 1.62. The molecule has 0 spiro atoms. The quantitative estimate of drug-likeness (QED) is 0.614. The van der Waals surface area contributed by atoms with Crippen LogP contribution in [0.15, 0.2) is 42.5 Å². The Morgan fingerprint density at radius 3 is 2.84 bits per heavy atom. The second-order valence-corrected chi connectivity index (χ2v) is 7.61. The van der Waals surface area contributed by atoms with E-state index in [-0.39, 0.29) is 11.9 Å². The number of rotatable bonds is 5. The van der Waals surface area contributed by atoms with E-state index in [1.54, 1.807) is 12.1 Å². The van der Waals surface area contributed by atoms with Gasteiger partial charge in [-0.1, -0.05) is 18.2 Å². The Kier molecular flexibility index (Phi) is 6.06. The lowest BCUT2D eigenvalue weighted by molar-refractivity contribution is 0.0597. The fourth-order valence-electron chi connectivity index (χ4n) is 3.97. The van der Waals surface area contributed by atoms with Crippen molar-refractivity contribution in [1.82, 2.24) is 20.2 Å². The number of urea groups is 1. The molecule has 2 aromatic carbocycles. The highest BCUT2D eigenvalue weighted by molar-refractivity contribution is 5.92. The van der Waals surface area contributed by atoms with Crippen molar-refractivity contribution in [2.75, 3.05) is 27.3 Å². The number of nitrogens with one attached hydrogen (secondary N) is 2. The number of benzene rings is 2. The molecule has 162 valence electrons. The highest BCUT2D eigenvalue weighted by Gasteiger charge is 2.26. The minimum Gasteiger partial charge on any atom is -0.496 e. The predicted molar refractivity (Wildman–Crippen MR) is 116 cm³/mol. The number of piperidine rings is 1. The second kappa shape index (κ2) is 9.07. The molecule has 1 unspecified atom stereocenters. The van der Waals surface area contributed by atoms with Crippen LogP contribution in [0.5, 0.6) is 5.75 Å². The van der Waals surface area contributed by atoms with Gasteiger partial charge in [-0.25, -0.2) is 14.6 Å². The molecule has 0 bridgehead atoms. The molecule has 1 aliphatic heterocycles. The zero-order valence-corrected chi connectivity index (χ0v) is 17.7. The number of aromatic amines is 1. The van der Waals surface area contributed by atoms with E-state index in [0.29, 0.717) is 30.9 Å². The molecule has 4 rings (SSSR count). The molecule has 2 amide bonds. The molecule has 1 aliphatic rings. The van der Waals surface area contributed by atoms with Gasteiger partial charge in [0.1, 0.15) is 17.1 Å². The van der Waals surface area contributed by atoms with Gasteiger partial charge in [-0.15, -0.1) is 0 Å². The summed E-state index contributed by atoms with van der Waals surface area (Å²) >= 11 is 0. The normalized spacial score (nSPS) is 16.2. The lowest BCUT2D eigenvalue weighted by atomic mass is 9.97. The number of para-hydroxylation sites is 2. The van der Waals surface area contributed by atoms with Gasteiger partial charge in [0.25, 0.3) is 0 Å². The second-order valence-electron chi connectivity index (χ2n) is 7.61. The molecular weight excluding hydrogens is 396 g/mol. The van der Waals surface area contributed by atoms with Crippen LogP contribution < -0.4 is 10.1 Å². The van der Waals surface area contributed by atoms with Crippen LogP contribution in [-0.2, 0) is 11.3 Å². The first kappa shape index (κ1) is 20.7. The summed E-state index contributed by atoms with van der Waals surface area (Å²) in [6.07, 6.45) is 1.91. The third kappa shape index (κ3) is 4.47. The van der Waals surface area contributed by atoms with E-state index < -0.39 is 5.97 Å². The van der Waals surface area contributed by atoms with Crippen molar-refractivity contribution in [1.29, 1.82) is 0 Å². The first-order valence-electron chi connectivity index (χ1n) is 10.3. The molecule has 1 aromatic heterocycles. The first-order chi connectivity index (χ1) is 15.1. The summed E-state index contributed by atoms with van der Waals surface area (Å²) in [5, 5.41) is 2.95. The molecular formula is C23H26N4O4. The Morgan fingerprint density at radius 1 is 1.23 bits per heavy atom. The number of methoxy groups -OCH3 is 2. The average molecular weight is 422 g/mol. The van der Waals surface area contributed by atoms with E-state index in [4.69, 9.17) is 14.5 Å². The van der Waals surface area contributed by atoms with E-state index in [1.807, 2.05) is 35.2 Å². The van der Waals surface area contributed by atoms with Gasteiger partial charge >= 0.3 is 12.0 Å². The topological polar surface area (TPSA) is 96.5 Å². The van der Waals surface area contributed by atoms with Crippen LogP contribution in [-0.4, -0.2) is 54.2 Å². The molecule has 8 nitrogen and oxygen atoms in total. The Morgan fingerprint density at radius 2 is 2.06 bits per heavy atom.